The van der Waals surface area contributed by atoms with Crippen LogP contribution >= 0.6 is 0 Å². The number of carboxylic acids is 1. The highest BCUT2D eigenvalue weighted by Crippen LogP contribution is 2.02. The van der Waals surface area contributed by atoms with E-state index < -0.39 is 12.0 Å². The Morgan fingerprint density at radius 2 is 2.00 bits per heavy atom. The second-order valence-corrected chi connectivity index (χ2v) is 2.72. The predicted molar refractivity (Wildman–Crippen MR) is 45.9 cm³/mol. The lowest BCUT2D eigenvalue weighted by atomic mass is 10.2. The van der Waals surface area contributed by atoms with Crippen LogP contribution in [0.2, 0.25) is 0 Å². The van der Waals surface area contributed by atoms with Gasteiger partial charge in [-0.05, 0) is 12.8 Å². The molecule has 4 heteroatoms. The first kappa shape index (κ1) is 11.4. The number of rotatable bonds is 6. The normalized spacial score (nSPS) is 13.3. The molecular weight excluding hydrogens is 158 g/mol. The standard InChI is InChI=1S/C8H17NO3/c1-3-6(4-2)12-5-7(9)8(10)11/h6-7H,3-5,9H2,1-2H3,(H,10,11). The molecule has 1 atom stereocenters. The molecule has 0 aliphatic heterocycles. The van der Waals surface area contributed by atoms with Gasteiger partial charge in [-0.2, -0.15) is 0 Å². The molecule has 0 saturated carbocycles. The average molecular weight is 175 g/mol. The minimum Gasteiger partial charge on any atom is -0.480 e. The lowest BCUT2D eigenvalue weighted by Crippen LogP contribution is -2.36. The van der Waals surface area contributed by atoms with Crippen LogP contribution in [0.25, 0.3) is 0 Å². The molecule has 0 aliphatic carbocycles. The van der Waals surface area contributed by atoms with Crippen molar-refractivity contribution in [1.29, 1.82) is 0 Å². The Bertz CT molecular complexity index is 134. The maximum absolute atomic E-state index is 10.3. The second-order valence-electron chi connectivity index (χ2n) is 2.72. The fraction of sp³-hybridized carbons (Fsp3) is 0.875. The van der Waals surface area contributed by atoms with Gasteiger partial charge in [0.05, 0.1) is 12.7 Å². The number of hydrogen-bond donors (Lipinski definition) is 2. The molecule has 0 amide bonds. The molecule has 0 rings (SSSR count). The summed E-state index contributed by atoms with van der Waals surface area (Å²) in [5.41, 5.74) is 5.25. The quantitative estimate of drug-likeness (QED) is 0.620. The van der Waals surface area contributed by atoms with Gasteiger partial charge >= 0.3 is 5.97 Å². The molecule has 4 nitrogen and oxygen atoms in total. The maximum Gasteiger partial charge on any atom is 0.322 e. The number of carboxylic acid groups (broad SMARTS) is 1. The molecule has 3 N–H and O–H groups in total. The van der Waals surface area contributed by atoms with Crippen molar-refractivity contribution in [3.8, 4) is 0 Å². The molecule has 0 aromatic heterocycles. The lowest BCUT2D eigenvalue weighted by molar-refractivity contribution is -0.140. The van der Waals surface area contributed by atoms with Gasteiger partial charge in [0, 0.05) is 0 Å². The molecule has 0 aromatic rings. The zero-order chi connectivity index (χ0) is 9.56. The van der Waals surface area contributed by atoms with Gasteiger partial charge in [-0.1, -0.05) is 13.8 Å². The summed E-state index contributed by atoms with van der Waals surface area (Å²) in [6.45, 7) is 4.10. The first-order valence-corrected chi connectivity index (χ1v) is 4.21. The zero-order valence-corrected chi connectivity index (χ0v) is 7.62. The molecule has 1 unspecified atom stereocenters. The van der Waals surface area contributed by atoms with E-state index in [4.69, 9.17) is 15.6 Å². The van der Waals surface area contributed by atoms with Crippen LogP contribution < -0.4 is 5.73 Å². The second kappa shape index (κ2) is 5.97. The van der Waals surface area contributed by atoms with Gasteiger partial charge in [0.2, 0.25) is 0 Å². The van der Waals surface area contributed by atoms with Gasteiger partial charge in [-0.15, -0.1) is 0 Å². The molecule has 72 valence electrons. The summed E-state index contributed by atoms with van der Waals surface area (Å²) in [4.78, 5) is 10.3. The molecular formula is C8H17NO3. The number of nitrogens with two attached hydrogens (primary N) is 1. The van der Waals surface area contributed by atoms with Crippen LogP contribution in [0.3, 0.4) is 0 Å². The van der Waals surface area contributed by atoms with Gasteiger partial charge in [-0.25, -0.2) is 0 Å². The Balaban J connectivity index is 3.58. The largest absolute Gasteiger partial charge is 0.480 e. The Hall–Kier alpha value is -0.610. The summed E-state index contributed by atoms with van der Waals surface area (Å²) in [6, 6.07) is -0.898. The fourth-order valence-electron chi connectivity index (χ4n) is 0.835. The molecule has 12 heavy (non-hydrogen) atoms. The summed E-state index contributed by atoms with van der Waals surface area (Å²) >= 11 is 0. The van der Waals surface area contributed by atoms with Crippen molar-refractivity contribution in [2.45, 2.75) is 38.8 Å². The highest BCUT2D eigenvalue weighted by molar-refractivity contribution is 5.73. The van der Waals surface area contributed by atoms with Gasteiger partial charge in [-0.3, -0.25) is 4.79 Å². The Morgan fingerprint density at radius 3 is 2.33 bits per heavy atom. The summed E-state index contributed by atoms with van der Waals surface area (Å²) in [7, 11) is 0. The van der Waals surface area contributed by atoms with Crippen LogP contribution in [0, 0.1) is 0 Å². The van der Waals surface area contributed by atoms with E-state index in [1.807, 2.05) is 13.8 Å². The minimum atomic E-state index is -1.01. The Labute approximate surface area is 72.7 Å². The molecule has 0 aromatic carbocycles. The zero-order valence-electron chi connectivity index (χ0n) is 7.62. The van der Waals surface area contributed by atoms with Gasteiger partial charge < -0.3 is 15.6 Å². The third kappa shape index (κ3) is 4.31. The molecule has 0 spiro atoms. The molecule has 0 bridgehead atoms. The highest BCUT2D eigenvalue weighted by Gasteiger charge is 2.13. The molecule has 0 aliphatic rings. The molecule has 0 fully saturated rings. The first-order chi connectivity index (χ1) is 5.61. The summed E-state index contributed by atoms with van der Waals surface area (Å²) < 4.78 is 5.26. The van der Waals surface area contributed by atoms with E-state index in [-0.39, 0.29) is 12.7 Å². The number of ether oxygens (including phenoxy) is 1. The van der Waals surface area contributed by atoms with Crippen molar-refractivity contribution in [2.75, 3.05) is 6.61 Å². The van der Waals surface area contributed by atoms with Crippen LogP contribution in [0.5, 0.6) is 0 Å². The van der Waals surface area contributed by atoms with Crippen molar-refractivity contribution in [1.82, 2.24) is 0 Å². The smallest absolute Gasteiger partial charge is 0.322 e. The third-order valence-corrected chi connectivity index (χ3v) is 1.74. The number of aliphatic carboxylic acids is 1. The van der Waals surface area contributed by atoms with Crippen LogP contribution in [0.1, 0.15) is 26.7 Å². The van der Waals surface area contributed by atoms with Gasteiger partial charge in [0.25, 0.3) is 0 Å². The monoisotopic (exact) mass is 175 g/mol. The fourth-order valence-corrected chi connectivity index (χ4v) is 0.835. The first-order valence-electron chi connectivity index (χ1n) is 4.21. The summed E-state index contributed by atoms with van der Waals surface area (Å²) in [5.74, 6) is -1.01. The van der Waals surface area contributed by atoms with E-state index in [0.29, 0.717) is 0 Å². The number of hydrogen-bond acceptors (Lipinski definition) is 3. The summed E-state index contributed by atoms with van der Waals surface area (Å²) in [6.07, 6.45) is 1.92. The summed E-state index contributed by atoms with van der Waals surface area (Å²) in [5, 5.41) is 8.44. The van der Waals surface area contributed by atoms with E-state index >= 15 is 0 Å². The molecule has 0 saturated heterocycles. The van der Waals surface area contributed by atoms with Crippen molar-refractivity contribution in [3.05, 3.63) is 0 Å². The van der Waals surface area contributed by atoms with Crippen LogP contribution in [0.4, 0.5) is 0 Å². The average Bonchev–Trinajstić information content (AvgIpc) is 2.05. The van der Waals surface area contributed by atoms with Crippen molar-refractivity contribution >= 4 is 5.97 Å². The van der Waals surface area contributed by atoms with Crippen molar-refractivity contribution in [2.24, 2.45) is 5.73 Å². The maximum atomic E-state index is 10.3. The van der Waals surface area contributed by atoms with Crippen molar-refractivity contribution in [3.63, 3.8) is 0 Å². The number of carbonyl (C=O) groups is 1. The van der Waals surface area contributed by atoms with Crippen LogP contribution in [-0.2, 0) is 9.53 Å². The minimum absolute atomic E-state index is 0.0989. The van der Waals surface area contributed by atoms with E-state index in [9.17, 15) is 4.79 Å². The molecule has 0 heterocycles. The predicted octanol–water partition coefficient (Wildman–Crippen LogP) is 0.603. The van der Waals surface area contributed by atoms with Gasteiger partial charge in [0.15, 0.2) is 0 Å². The van der Waals surface area contributed by atoms with Gasteiger partial charge in [0.1, 0.15) is 6.04 Å². The van der Waals surface area contributed by atoms with Crippen LogP contribution in [-0.4, -0.2) is 29.8 Å². The lowest BCUT2D eigenvalue weighted by Gasteiger charge is -2.15. The third-order valence-electron chi connectivity index (χ3n) is 1.74. The van der Waals surface area contributed by atoms with Crippen molar-refractivity contribution < 1.29 is 14.6 Å². The van der Waals surface area contributed by atoms with E-state index in [1.165, 1.54) is 0 Å². The SMILES string of the molecule is CCC(CC)OCC(N)C(=O)O. The van der Waals surface area contributed by atoms with E-state index in [1.54, 1.807) is 0 Å². The van der Waals surface area contributed by atoms with E-state index in [0.717, 1.165) is 12.8 Å². The Kier molecular flexibility index (Phi) is 5.66. The molecule has 0 radical (unpaired) electrons. The van der Waals surface area contributed by atoms with E-state index in [2.05, 4.69) is 0 Å². The highest BCUT2D eigenvalue weighted by atomic mass is 16.5. The topological polar surface area (TPSA) is 72.5 Å². The van der Waals surface area contributed by atoms with Crippen LogP contribution in [0.15, 0.2) is 0 Å². The Morgan fingerprint density at radius 1 is 1.50 bits per heavy atom.